The molecule has 0 amide bonds. The molecular weight excluding hydrogens is 136 g/mol. The number of hydrogen-bond acceptors (Lipinski definition) is 1. The van der Waals surface area contributed by atoms with Crippen molar-refractivity contribution in [1.82, 2.24) is 0 Å². The molecule has 2 heteroatoms. The molecule has 0 aliphatic heterocycles. The van der Waals surface area contributed by atoms with Crippen LogP contribution in [-0.2, 0) is 4.74 Å². The van der Waals surface area contributed by atoms with Gasteiger partial charge in [-0.2, -0.15) is 0 Å². The summed E-state index contributed by atoms with van der Waals surface area (Å²) >= 11 is 5.68. The topological polar surface area (TPSA) is 9.23 Å². The predicted molar refractivity (Wildman–Crippen MR) is 39.3 cm³/mol. The number of alkyl halides is 1. The molecule has 0 unspecified atom stereocenters. The first kappa shape index (κ1) is 8.81. The molecule has 0 fully saturated rings. The highest BCUT2D eigenvalue weighted by Gasteiger charge is 2.07. The molecule has 52 valence electrons. The average molecular weight is 147 g/mol. The Balaban J connectivity index is 3.29. The van der Waals surface area contributed by atoms with Crippen molar-refractivity contribution in [2.75, 3.05) is 6.61 Å². The van der Waals surface area contributed by atoms with E-state index in [9.17, 15) is 0 Å². The Kier molecular flexibility index (Phi) is 4.57. The van der Waals surface area contributed by atoms with E-state index < -0.39 is 0 Å². The maximum atomic E-state index is 5.68. The Morgan fingerprint density at radius 2 is 2.22 bits per heavy atom. The molecule has 0 saturated carbocycles. The van der Waals surface area contributed by atoms with Crippen molar-refractivity contribution < 1.29 is 4.74 Å². The van der Waals surface area contributed by atoms with Gasteiger partial charge in [-0.25, -0.2) is 0 Å². The Bertz CT molecular complexity index is 104. The van der Waals surface area contributed by atoms with Crippen molar-refractivity contribution in [3.8, 4) is 12.3 Å². The number of terminal acetylenes is 1. The highest BCUT2D eigenvalue weighted by atomic mass is 35.5. The quantitative estimate of drug-likeness (QED) is 0.436. The van der Waals surface area contributed by atoms with E-state index in [1.54, 1.807) is 0 Å². The first-order valence-corrected chi connectivity index (χ1v) is 3.31. The molecule has 0 radical (unpaired) electrons. The predicted octanol–water partition coefficient (Wildman–Crippen LogP) is 1.86. The Morgan fingerprint density at radius 3 is 2.56 bits per heavy atom. The van der Waals surface area contributed by atoms with Gasteiger partial charge < -0.3 is 4.74 Å². The minimum atomic E-state index is -0.249. The van der Waals surface area contributed by atoms with Crippen LogP contribution in [0.3, 0.4) is 0 Å². The zero-order valence-electron chi connectivity index (χ0n) is 5.73. The molecule has 1 nitrogen and oxygen atoms in total. The van der Waals surface area contributed by atoms with E-state index in [0.29, 0.717) is 12.5 Å². The summed E-state index contributed by atoms with van der Waals surface area (Å²) in [5.41, 5.74) is -0.249. The van der Waals surface area contributed by atoms with Crippen LogP contribution in [0.4, 0.5) is 0 Å². The van der Waals surface area contributed by atoms with Crippen molar-refractivity contribution in [3.63, 3.8) is 0 Å². The van der Waals surface area contributed by atoms with Crippen molar-refractivity contribution in [3.05, 3.63) is 0 Å². The van der Waals surface area contributed by atoms with Gasteiger partial charge >= 0.3 is 0 Å². The van der Waals surface area contributed by atoms with Crippen LogP contribution in [0.2, 0.25) is 0 Å². The van der Waals surface area contributed by atoms with Gasteiger partial charge in [0.2, 0.25) is 0 Å². The molecule has 0 aromatic heterocycles. The molecule has 0 rings (SSSR count). The molecule has 9 heavy (non-hydrogen) atoms. The number of ether oxygens (including phenoxy) is 1. The number of hydrogen-bond donors (Lipinski definition) is 0. The summed E-state index contributed by atoms with van der Waals surface area (Å²) in [6.07, 6.45) is 4.94. The second-order valence-electron chi connectivity index (χ2n) is 2.11. The van der Waals surface area contributed by atoms with Crippen LogP contribution in [0, 0.1) is 18.3 Å². The fourth-order valence-electron chi connectivity index (χ4n) is 0.320. The standard InChI is InChI=1S/C7H11ClO/c1-4-5-9-7(8)6(2)3/h1,6-7H,5H2,2-3H3/t7-/m1/s1. The van der Waals surface area contributed by atoms with E-state index in [1.807, 2.05) is 13.8 Å². The van der Waals surface area contributed by atoms with Crippen molar-refractivity contribution >= 4 is 11.6 Å². The van der Waals surface area contributed by atoms with E-state index >= 15 is 0 Å². The lowest BCUT2D eigenvalue weighted by molar-refractivity contribution is 0.105. The fourth-order valence-corrected chi connectivity index (χ4v) is 0.383. The molecule has 1 atom stereocenters. The van der Waals surface area contributed by atoms with Gasteiger partial charge in [0, 0.05) is 0 Å². The molecule has 0 aromatic rings. The molecule has 0 aromatic carbocycles. The van der Waals surface area contributed by atoms with Crippen LogP contribution in [0.15, 0.2) is 0 Å². The van der Waals surface area contributed by atoms with Crippen LogP contribution in [0.5, 0.6) is 0 Å². The zero-order valence-corrected chi connectivity index (χ0v) is 6.48. The summed E-state index contributed by atoms with van der Waals surface area (Å²) in [7, 11) is 0. The first-order chi connectivity index (χ1) is 4.18. The summed E-state index contributed by atoms with van der Waals surface area (Å²) in [5.74, 6) is 2.67. The van der Waals surface area contributed by atoms with Crippen molar-refractivity contribution in [2.45, 2.75) is 19.4 Å². The summed E-state index contributed by atoms with van der Waals surface area (Å²) in [6, 6.07) is 0. The minimum Gasteiger partial charge on any atom is -0.350 e. The first-order valence-electron chi connectivity index (χ1n) is 2.87. The van der Waals surface area contributed by atoms with Crippen LogP contribution >= 0.6 is 11.6 Å². The van der Waals surface area contributed by atoms with Gasteiger partial charge in [0.05, 0.1) is 0 Å². The largest absolute Gasteiger partial charge is 0.350 e. The Morgan fingerprint density at radius 1 is 1.67 bits per heavy atom. The maximum Gasteiger partial charge on any atom is 0.134 e. The van der Waals surface area contributed by atoms with E-state index in [-0.39, 0.29) is 5.56 Å². The number of halogens is 1. The van der Waals surface area contributed by atoms with Crippen LogP contribution < -0.4 is 0 Å². The van der Waals surface area contributed by atoms with Crippen molar-refractivity contribution in [2.24, 2.45) is 5.92 Å². The normalized spacial score (nSPS) is 13.2. The highest BCUT2D eigenvalue weighted by Crippen LogP contribution is 2.09. The third kappa shape index (κ3) is 4.32. The lowest BCUT2D eigenvalue weighted by atomic mass is 10.2. The summed E-state index contributed by atoms with van der Waals surface area (Å²) < 4.78 is 4.98. The van der Waals surface area contributed by atoms with Gasteiger partial charge in [-0.05, 0) is 5.92 Å². The molecule has 0 saturated heterocycles. The average Bonchev–Trinajstić information content (AvgIpc) is 1.82. The van der Waals surface area contributed by atoms with Gasteiger partial charge in [-0.1, -0.05) is 31.4 Å². The van der Waals surface area contributed by atoms with Gasteiger partial charge in [-0.3, -0.25) is 0 Å². The van der Waals surface area contributed by atoms with Crippen LogP contribution in [0.25, 0.3) is 0 Å². The summed E-state index contributed by atoms with van der Waals surface area (Å²) in [6.45, 7) is 4.26. The van der Waals surface area contributed by atoms with Gasteiger partial charge in [-0.15, -0.1) is 6.42 Å². The second-order valence-corrected chi connectivity index (χ2v) is 2.54. The Hall–Kier alpha value is -0.190. The lowest BCUT2D eigenvalue weighted by Gasteiger charge is -2.11. The monoisotopic (exact) mass is 146 g/mol. The molecule has 0 heterocycles. The highest BCUT2D eigenvalue weighted by molar-refractivity contribution is 6.19. The fraction of sp³-hybridized carbons (Fsp3) is 0.714. The van der Waals surface area contributed by atoms with Crippen molar-refractivity contribution in [1.29, 1.82) is 0 Å². The summed E-state index contributed by atoms with van der Waals surface area (Å²) in [5, 5.41) is 0. The third-order valence-corrected chi connectivity index (χ3v) is 1.48. The summed E-state index contributed by atoms with van der Waals surface area (Å²) in [4.78, 5) is 0. The van der Waals surface area contributed by atoms with Crippen LogP contribution in [0.1, 0.15) is 13.8 Å². The minimum absolute atomic E-state index is 0.249. The number of rotatable bonds is 3. The van der Waals surface area contributed by atoms with E-state index in [1.165, 1.54) is 0 Å². The van der Waals surface area contributed by atoms with Gasteiger partial charge in [0.15, 0.2) is 0 Å². The lowest BCUT2D eigenvalue weighted by Crippen LogP contribution is -2.12. The van der Waals surface area contributed by atoms with Crippen LogP contribution in [-0.4, -0.2) is 12.2 Å². The molecule has 0 N–H and O–H groups in total. The maximum absolute atomic E-state index is 5.68. The molecule has 0 bridgehead atoms. The van der Waals surface area contributed by atoms with E-state index in [2.05, 4.69) is 5.92 Å². The van der Waals surface area contributed by atoms with E-state index in [0.717, 1.165) is 0 Å². The van der Waals surface area contributed by atoms with Gasteiger partial charge in [0.1, 0.15) is 12.2 Å². The third-order valence-electron chi connectivity index (χ3n) is 0.850. The zero-order chi connectivity index (χ0) is 7.28. The Labute approximate surface area is 61.3 Å². The van der Waals surface area contributed by atoms with E-state index in [4.69, 9.17) is 22.8 Å². The molecule has 0 aliphatic carbocycles. The molecular formula is C7H11ClO. The molecule has 0 aliphatic rings. The smallest absolute Gasteiger partial charge is 0.134 e. The second kappa shape index (κ2) is 4.67. The van der Waals surface area contributed by atoms with Gasteiger partial charge in [0.25, 0.3) is 0 Å². The SMILES string of the molecule is C#CCO[C@@H](Cl)C(C)C. The molecule has 0 spiro atoms.